The third-order valence-electron chi connectivity index (χ3n) is 2.46. The Bertz CT molecular complexity index is 658. The fourth-order valence-electron chi connectivity index (χ4n) is 1.52. The first-order valence-corrected chi connectivity index (χ1v) is 7.61. The Morgan fingerprint density at radius 3 is 2.82 bits per heavy atom. The van der Waals surface area contributed by atoms with Crippen LogP contribution in [-0.2, 0) is 4.74 Å². The van der Waals surface area contributed by atoms with Gasteiger partial charge >= 0.3 is 5.97 Å². The van der Waals surface area contributed by atoms with E-state index in [0.29, 0.717) is 34.0 Å². The van der Waals surface area contributed by atoms with E-state index in [9.17, 15) is 4.79 Å². The van der Waals surface area contributed by atoms with Crippen molar-refractivity contribution in [1.82, 2.24) is 9.97 Å². The molecule has 0 aliphatic carbocycles. The molecule has 2 aromatic heterocycles. The van der Waals surface area contributed by atoms with Crippen LogP contribution < -0.4 is 15.4 Å². The highest BCUT2D eigenvalue weighted by molar-refractivity contribution is 7.80. The van der Waals surface area contributed by atoms with E-state index in [-0.39, 0.29) is 0 Å². The van der Waals surface area contributed by atoms with Crippen molar-refractivity contribution in [3.63, 3.8) is 0 Å². The lowest BCUT2D eigenvalue weighted by molar-refractivity contribution is 0.0533. The molecule has 0 radical (unpaired) electrons. The van der Waals surface area contributed by atoms with Crippen molar-refractivity contribution in [3.05, 3.63) is 28.7 Å². The number of carbonyl (C=O) groups is 1. The number of nitrogens with zero attached hydrogens (tertiary/aromatic N) is 2. The molecule has 0 spiro atoms. The van der Waals surface area contributed by atoms with Gasteiger partial charge in [-0.25, -0.2) is 14.8 Å². The molecular formula is C13H14N4O3S2. The predicted molar refractivity (Wildman–Crippen MR) is 88.7 cm³/mol. The van der Waals surface area contributed by atoms with Crippen LogP contribution in [0.5, 0.6) is 5.88 Å². The quantitative estimate of drug-likeness (QED) is 0.635. The first kappa shape index (κ1) is 16.1. The molecule has 7 nitrogen and oxygen atoms in total. The van der Waals surface area contributed by atoms with Gasteiger partial charge in [0.15, 0.2) is 15.8 Å². The number of thiazole rings is 1. The van der Waals surface area contributed by atoms with Crippen LogP contribution in [0.15, 0.2) is 23.8 Å². The van der Waals surface area contributed by atoms with Gasteiger partial charge in [0.2, 0.25) is 5.88 Å². The maximum absolute atomic E-state index is 11.8. The van der Waals surface area contributed by atoms with Gasteiger partial charge in [0.25, 0.3) is 0 Å². The topological polar surface area (TPSA) is 85.4 Å². The number of ether oxygens (including phenoxy) is 2. The number of methoxy groups -OCH3 is 1. The van der Waals surface area contributed by atoms with Crippen LogP contribution in [0.4, 0.5) is 11.5 Å². The molecule has 0 atom stereocenters. The second-order valence-corrected chi connectivity index (χ2v) is 5.18. The maximum atomic E-state index is 11.8. The van der Waals surface area contributed by atoms with Gasteiger partial charge in [-0.1, -0.05) is 0 Å². The highest BCUT2D eigenvalue weighted by atomic mass is 32.1. The summed E-state index contributed by atoms with van der Waals surface area (Å²) < 4.78 is 9.93. The summed E-state index contributed by atoms with van der Waals surface area (Å²) in [6.07, 6.45) is 1.58. The SMILES string of the molecule is CCOC(=O)c1scnc1NC(=S)Nc1ccc(OC)nc1. The molecule has 2 rings (SSSR count). The van der Waals surface area contributed by atoms with Gasteiger partial charge in [0.05, 0.1) is 31.1 Å². The zero-order valence-corrected chi connectivity index (χ0v) is 13.6. The fraction of sp³-hybridized carbons (Fsp3) is 0.231. The van der Waals surface area contributed by atoms with Crippen LogP contribution in [0.2, 0.25) is 0 Å². The minimum absolute atomic E-state index is 0.295. The van der Waals surface area contributed by atoms with E-state index in [1.807, 2.05) is 0 Å². The number of thiocarbonyl (C=S) groups is 1. The Morgan fingerprint density at radius 1 is 1.36 bits per heavy atom. The Kier molecular flexibility index (Phi) is 5.61. The lowest BCUT2D eigenvalue weighted by Crippen LogP contribution is -2.21. The molecular weight excluding hydrogens is 324 g/mol. The first-order chi connectivity index (χ1) is 10.6. The molecule has 0 aliphatic rings. The Hall–Kier alpha value is -2.26. The van der Waals surface area contributed by atoms with Crippen LogP contribution >= 0.6 is 23.6 Å². The normalized spacial score (nSPS) is 9.91. The lowest BCUT2D eigenvalue weighted by atomic mass is 10.4. The summed E-state index contributed by atoms with van der Waals surface area (Å²) >= 11 is 6.37. The van der Waals surface area contributed by atoms with Crippen LogP contribution in [0.1, 0.15) is 16.6 Å². The smallest absolute Gasteiger partial charge is 0.352 e. The third kappa shape index (κ3) is 4.12. The molecule has 2 aromatic rings. The average molecular weight is 338 g/mol. The molecule has 0 saturated carbocycles. The molecule has 0 bridgehead atoms. The minimum atomic E-state index is -0.429. The van der Waals surface area contributed by atoms with Crippen molar-refractivity contribution in [3.8, 4) is 5.88 Å². The van der Waals surface area contributed by atoms with Gasteiger partial charge in [-0.3, -0.25) is 0 Å². The van der Waals surface area contributed by atoms with E-state index in [1.165, 1.54) is 11.3 Å². The average Bonchev–Trinajstić information content (AvgIpc) is 2.96. The standard InChI is InChI=1S/C13H14N4O3S2/c1-3-20-12(18)10-11(15-7-22-10)17-13(21)16-8-4-5-9(19-2)14-6-8/h4-7H,3H2,1-2H3,(H2,16,17,21). The van der Waals surface area contributed by atoms with Crippen molar-refractivity contribution in [2.24, 2.45) is 0 Å². The molecule has 0 amide bonds. The zero-order valence-electron chi connectivity index (χ0n) is 12.0. The lowest BCUT2D eigenvalue weighted by Gasteiger charge is -2.10. The number of nitrogens with one attached hydrogen (secondary N) is 2. The molecule has 22 heavy (non-hydrogen) atoms. The predicted octanol–water partition coefficient (Wildman–Crippen LogP) is 2.53. The largest absolute Gasteiger partial charge is 0.481 e. The molecule has 2 N–H and O–H groups in total. The van der Waals surface area contributed by atoms with Crippen LogP contribution in [0.3, 0.4) is 0 Å². The number of rotatable bonds is 5. The summed E-state index contributed by atoms with van der Waals surface area (Å²) in [5.74, 6) is 0.442. The molecule has 9 heteroatoms. The van der Waals surface area contributed by atoms with Gasteiger partial charge in [0.1, 0.15) is 0 Å². The van der Waals surface area contributed by atoms with Crippen molar-refractivity contribution >= 4 is 46.1 Å². The summed E-state index contributed by atoms with van der Waals surface area (Å²) in [4.78, 5) is 20.3. The second kappa shape index (κ2) is 7.66. The van der Waals surface area contributed by atoms with Gasteiger partial charge < -0.3 is 20.1 Å². The Morgan fingerprint density at radius 2 is 2.18 bits per heavy atom. The van der Waals surface area contributed by atoms with Crippen molar-refractivity contribution in [1.29, 1.82) is 0 Å². The molecule has 0 unspecified atom stereocenters. The molecule has 0 aromatic carbocycles. The Labute approximate surface area is 136 Å². The first-order valence-electron chi connectivity index (χ1n) is 6.32. The van der Waals surface area contributed by atoms with E-state index in [4.69, 9.17) is 21.7 Å². The molecule has 0 aliphatic heterocycles. The van der Waals surface area contributed by atoms with Crippen LogP contribution in [0, 0.1) is 0 Å². The number of aromatic nitrogens is 2. The van der Waals surface area contributed by atoms with Gasteiger partial charge in [-0.05, 0) is 25.2 Å². The number of pyridine rings is 1. The number of hydrogen-bond donors (Lipinski definition) is 2. The van der Waals surface area contributed by atoms with Crippen LogP contribution in [0.25, 0.3) is 0 Å². The zero-order chi connectivity index (χ0) is 15.9. The highest BCUT2D eigenvalue weighted by Crippen LogP contribution is 2.20. The third-order valence-corrected chi connectivity index (χ3v) is 3.47. The number of anilines is 2. The van der Waals surface area contributed by atoms with E-state index in [1.54, 1.807) is 37.9 Å². The maximum Gasteiger partial charge on any atom is 0.352 e. The van der Waals surface area contributed by atoms with Crippen LogP contribution in [-0.4, -0.2) is 34.8 Å². The monoisotopic (exact) mass is 338 g/mol. The fourth-order valence-corrected chi connectivity index (χ4v) is 2.37. The Balaban J connectivity index is 2.00. The van der Waals surface area contributed by atoms with Crippen molar-refractivity contribution < 1.29 is 14.3 Å². The van der Waals surface area contributed by atoms with E-state index in [2.05, 4.69) is 20.6 Å². The summed E-state index contributed by atoms with van der Waals surface area (Å²) in [6.45, 7) is 2.05. The summed E-state index contributed by atoms with van der Waals surface area (Å²) in [5, 5.41) is 6.11. The van der Waals surface area contributed by atoms with E-state index >= 15 is 0 Å². The summed E-state index contributed by atoms with van der Waals surface area (Å²) in [6, 6.07) is 3.48. The minimum Gasteiger partial charge on any atom is -0.481 e. The van der Waals surface area contributed by atoms with Gasteiger partial charge in [-0.2, -0.15) is 0 Å². The number of esters is 1. The van der Waals surface area contributed by atoms with Crippen molar-refractivity contribution in [2.45, 2.75) is 6.92 Å². The van der Waals surface area contributed by atoms with E-state index in [0.717, 1.165) is 0 Å². The number of carbonyl (C=O) groups excluding carboxylic acids is 1. The van der Waals surface area contributed by atoms with E-state index < -0.39 is 5.97 Å². The molecule has 2 heterocycles. The molecule has 116 valence electrons. The summed E-state index contributed by atoms with van der Waals surface area (Å²) in [7, 11) is 1.54. The number of hydrogen-bond acceptors (Lipinski definition) is 7. The second-order valence-electron chi connectivity index (χ2n) is 3.92. The summed E-state index contributed by atoms with van der Waals surface area (Å²) in [5.41, 5.74) is 2.23. The van der Waals surface area contributed by atoms with Gasteiger partial charge in [0, 0.05) is 6.07 Å². The highest BCUT2D eigenvalue weighted by Gasteiger charge is 2.16. The van der Waals surface area contributed by atoms with Gasteiger partial charge in [-0.15, -0.1) is 11.3 Å². The van der Waals surface area contributed by atoms with Crippen molar-refractivity contribution in [2.75, 3.05) is 24.4 Å². The molecule has 0 fully saturated rings. The molecule has 0 saturated heterocycles.